The highest BCUT2D eigenvalue weighted by molar-refractivity contribution is 6.39. The van der Waals surface area contributed by atoms with Gasteiger partial charge in [-0.2, -0.15) is 0 Å². The maximum absolute atomic E-state index is 12.9. The summed E-state index contributed by atoms with van der Waals surface area (Å²) in [7, 11) is 1.54. The average Bonchev–Trinajstić information content (AvgIpc) is 3.16. The number of methoxy groups -OCH3 is 1. The summed E-state index contributed by atoms with van der Waals surface area (Å²) >= 11 is 12.2. The Balaban J connectivity index is 1.81. The van der Waals surface area contributed by atoms with Gasteiger partial charge < -0.3 is 14.5 Å². The molecule has 0 unspecified atom stereocenters. The molecule has 0 saturated carbocycles. The molecule has 8 heteroatoms. The van der Waals surface area contributed by atoms with Crippen molar-refractivity contribution in [1.29, 1.82) is 0 Å². The van der Waals surface area contributed by atoms with Crippen LogP contribution in [-0.2, 0) is 0 Å². The standard InChI is InChI=1S/C20H13Cl2N3O3/c1-27-16-3-2-12(20(26)25-18-14(21)9-24-10-15(18)22)13-8-17(28-19(13)16)11-4-6-23-7-5-11/h2-10H,1H3,(H,24,25,26). The van der Waals surface area contributed by atoms with E-state index in [0.717, 1.165) is 5.56 Å². The fourth-order valence-electron chi connectivity index (χ4n) is 2.83. The van der Waals surface area contributed by atoms with E-state index in [1.165, 1.54) is 12.4 Å². The Hall–Kier alpha value is -3.09. The van der Waals surface area contributed by atoms with Crippen LogP contribution in [0.1, 0.15) is 10.4 Å². The summed E-state index contributed by atoms with van der Waals surface area (Å²) < 4.78 is 11.3. The quantitative estimate of drug-likeness (QED) is 0.480. The van der Waals surface area contributed by atoms with Gasteiger partial charge in [0.2, 0.25) is 0 Å². The van der Waals surface area contributed by atoms with Gasteiger partial charge in [-0.25, -0.2) is 0 Å². The first kappa shape index (κ1) is 18.3. The molecule has 1 amide bonds. The second-order valence-electron chi connectivity index (χ2n) is 5.84. The van der Waals surface area contributed by atoms with Crippen LogP contribution >= 0.6 is 23.2 Å². The van der Waals surface area contributed by atoms with Crippen LogP contribution in [0.15, 0.2) is 59.5 Å². The molecule has 3 aromatic heterocycles. The second-order valence-corrected chi connectivity index (χ2v) is 6.65. The number of hydrogen-bond donors (Lipinski definition) is 1. The molecule has 6 nitrogen and oxygen atoms in total. The van der Waals surface area contributed by atoms with Crippen molar-refractivity contribution in [3.63, 3.8) is 0 Å². The van der Waals surface area contributed by atoms with Gasteiger partial charge in [-0.3, -0.25) is 14.8 Å². The lowest BCUT2D eigenvalue weighted by molar-refractivity contribution is 0.102. The Bertz CT molecular complexity index is 1160. The van der Waals surface area contributed by atoms with E-state index in [2.05, 4.69) is 15.3 Å². The lowest BCUT2D eigenvalue weighted by atomic mass is 10.1. The number of ether oxygens (including phenoxy) is 1. The number of carbonyl (C=O) groups is 1. The number of rotatable bonds is 4. The van der Waals surface area contributed by atoms with Gasteiger partial charge in [-0.15, -0.1) is 0 Å². The molecule has 0 aliphatic heterocycles. The normalized spacial score (nSPS) is 10.8. The van der Waals surface area contributed by atoms with Crippen molar-refractivity contribution in [3.05, 3.63) is 70.7 Å². The van der Waals surface area contributed by atoms with Crippen molar-refractivity contribution in [3.8, 4) is 17.1 Å². The summed E-state index contributed by atoms with van der Waals surface area (Å²) in [4.78, 5) is 20.8. The maximum atomic E-state index is 12.9. The Labute approximate surface area is 170 Å². The number of pyridine rings is 2. The number of carbonyl (C=O) groups excluding carboxylic acids is 1. The molecule has 3 heterocycles. The van der Waals surface area contributed by atoms with Crippen LogP contribution in [0, 0.1) is 0 Å². The van der Waals surface area contributed by atoms with E-state index >= 15 is 0 Å². The van der Waals surface area contributed by atoms with Gasteiger partial charge in [0.05, 0.1) is 28.4 Å². The number of fused-ring (bicyclic) bond motifs is 1. The van der Waals surface area contributed by atoms with Gasteiger partial charge in [0.1, 0.15) is 5.76 Å². The monoisotopic (exact) mass is 413 g/mol. The largest absolute Gasteiger partial charge is 0.493 e. The van der Waals surface area contributed by atoms with Gasteiger partial charge in [-0.1, -0.05) is 23.2 Å². The van der Waals surface area contributed by atoms with Crippen molar-refractivity contribution in [2.24, 2.45) is 0 Å². The molecule has 0 bridgehead atoms. The topological polar surface area (TPSA) is 77.2 Å². The van der Waals surface area contributed by atoms with Crippen molar-refractivity contribution < 1.29 is 13.9 Å². The number of benzene rings is 1. The predicted molar refractivity (Wildman–Crippen MR) is 108 cm³/mol. The van der Waals surface area contributed by atoms with Crippen LogP contribution in [-0.4, -0.2) is 23.0 Å². The summed E-state index contributed by atoms with van der Waals surface area (Å²) in [5.41, 5.74) is 1.99. The van der Waals surface area contributed by atoms with E-state index in [1.54, 1.807) is 37.7 Å². The number of anilines is 1. The molecule has 0 radical (unpaired) electrons. The van der Waals surface area contributed by atoms with Crippen molar-refractivity contribution in [2.45, 2.75) is 0 Å². The zero-order valence-corrected chi connectivity index (χ0v) is 16.1. The van der Waals surface area contributed by atoms with E-state index in [-0.39, 0.29) is 16.0 Å². The fraction of sp³-hybridized carbons (Fsp3) is 0.0500. The molecule has 0 fully saturated rings. The highest BCUT2D eigenvalue weighted by atomic mass is 35.5. The molecule has 0 aliphatic carbocycles. The number of aromatic nitrogens is 2. The Morgan fingerprint density at radius 3 is 2.46 bits per heavy atom. The highest BCUT2D eigenvalue weighted by Crippen LogP contribution is 2.36. The molecule has 4 aromatic rings. The van der Waals surface area contributed by atoms with Crippen molar-refractivity contribution >= 4 is 45.8 Å². The van der Waals surface area contributed by atoms with Gasteiger partial charge >= 0.3 is 0 Å². The molecule has 28 heavy (non-hydrogen) atoms. The van der Waals surface area contributed by atoms with Crippen LogP contribution in [0.2, 0.25) is 10.0 Å². The van der Waals surface area contributed by atoms with Gasteiger partial charge in [0.25, 0.3) is 5.91 Å². The molecule has 4 rings (SSSR count). The third kappa shape index (κ3) is 3.28. The number of furan rings is 1. The number of halogens is 2. The fourth-order valence-corrected chi connectivity index (χ4v) is 3.29. The van der Waals surface area contributed by atoms with Crippen molar-refractivity contribution in [1.82, 2.24) is 9.97 Å². The SMILES string of the molecule is COc1ccc(C(=O)Nc2c(Cl)cncc2Cl)c2cc(-c3ccncc3)oc12. The van der Waals surface area contributed by atoms with Crippen LogP contribution in [0.5, 0.6) is 5.75 Å². The van der Waals surface area contributed by atoms with E-state index in [0.29, 0.717) is 33.7 Å². The lowest BCUT2D eigenvalue weighted by Crippen LogP contribution is -2.13. The molecule has 1 aromatic carbocycles. The minimum Gasteiger partial charge on any atom is -0.493 e. The van der Waals surface area contributed by atoms with Crippen LogP contribution in [0.4, 0.5) is 5.69 Å². The summed E-state index contributed by atoms with van der Waals surface area (Å²) in [5, 5.41) is 3.83. The Kier molecular flexibility index (Phi) is 4.90. The molecule has 0 saturated heterocycles. The molecule has 0 atom stereocenters. The van der Waals surface area contributed by atoms with Gasteiger partial charge in [0, 0.05) is 35.7 Å². The Morgan fingerprint density at radius 1 is 1.07 bits per heavy atom. The lowest BCUT2D eigenvalue weighted by Gasteiger charge is -2.10. The van der Waals surface area contributed by atoms with E-state index in [9.17, 15) is 4.79 Å². The first-order valence-electron chi connectivity index (χ1n) is 8.19. The molecule has 140 valence electrons. The smallest absolute Gasteiger partial charge is 0.256 e. The maximum Gasteiger partial charge on any atom is 0.256 e. The summed E-state index contributed by atoms with van der Waals surface area (Å²) in [6, 6.07) is 8.76. The van der Waals surface area contributed by atoms with E-state index in [1.807, 2.05) is 12.1 Å². The van der Waals surface area contributed by atoms with Crippen LogP contribution in [0.25, 0.3) is 22.3 Å². The predicted octanol–water partition coefficient (Wildman–Crippen LogP) is 5.46. The molecule has 0 aliphatic rings. The summed E-state index contributed by atoms with van der Waals surface area (Å²) in [6.07, 6.45) is 6.15. The second kappa shape index (κ2) is 7.50. The minimum atomic E-state index is -0.385. The van der Waals surface area contributed by atoms with E-state index in [4.69, 9.17) is 32.4 Å². The third-order valence-electron chi connectivity index (χ3n) is 4.17. The zero-order valence-electron chi connectivity index (χ0n) is 14.6. The summed E-state index contributed by atoms with van der Waals surface area (Å²) in [5.74, 6) is 0.729. The molecular weight excluding hydrogens is 401 g/mol. The zero-order chi connectivity index (χ0) is 19.7. The van der Waals surface area contributed by atoms with Gasteiger partial charge in [0.15, 0.2) is 11.3 Å². The van der Waals surface area contributed by atoms with Crippen LogP contribution in [0.3, 0.4) is 0 Å². The Morgan fingerprint density at radius 2 is 1.79 bits per heavy atom. The highest BCUT2D eigenvalue weighted by Gasteiger charge is 2.20. The molecule has 1 N–H and O–H groups in total. The number of nitrogens with zero attached hydrogens (tertiary/aromatic N) is 2. The third-order valence-corrected chi connectivity index (χ3v) is 4.74. The molecule has 0 spiro atoms. The first-order valence-corrected chi connectivity index (χ1v) is 8.95. The average molecular weight is 414 g/mol. The van der Waals surface area contributed by atoms with Crippen molar-refractivity contribution in [2.75, 3.05) is 12.4 Å². The van der Waals surface area contributed by atoms with Gasteiger partial charge in [-0.05, 0) is 30.3 Å². The number of amides is 1. The minimum absolute atomic E-state index is 0.246. The van der Waals surface area contributed by atoms with E-state index < -0.39 is 0 Å². The summed E-state index contributed by atoms with van der Waals surface area (Å²) in [6.45, 7) is 0. The number of hydrogen-bond acceptors (Lipinski definition) is 5. The number of nitrogens with one attached hydrogen (secondary N) is 1. The van der Waals surface area contributed by atoms with Crippen LogP contribution < -0.4 is 10.1 Å². The first-order chi connectivity index (χ1) is 13.6. The molecular formula is C20H13Cl2N3O3.